The number of rotatable bonds is 6. The molecule has 13 heavy (non-hydrogen) atoms. The third kappa shape index (κ3) is 4.92. The van der Waals surface area contributed by atoms with Crippen LogP contribution in [0.1, 0.15) is 19.8 Å². The molecule has 0 bridgehead atoms. The average molecular weight is 214 g/mol. The molecule has 0 aromatic heterocycles. The van der Waals surface area contributed by atoms with Crippen LogP contribution >= 0.6 is 0 Å². The van der Waals surface area contributed by atoms with Gasteiger partial charge in [-0.3, -0.25) is 4.21 Å². The number of alkyl halides is 2. The van der Waals surface area contributed by atoms with Crippen LogP contribution in [0, 0.1) is 0 Å². The standard InChI is InChI=1S/C7H12F2O3S/c1-2-3-4-13(12)5-7(8,9)6(10)11/h2-5H2,1H3,(H,10,11). The van der Waals surface area contributed by atoms with E-state index in [0.29, 0.717) is 6.42 Å². The van der Waals surface area contributed by atoms with Crippen LogP contribution in [0.15, 0.2) is 0 Å². The fraction of sp³-hybridized carbons (Fsp3) is 0.857. The summed E-state index contributed by atoms with van der Waals surface area (Å²) in [4.78, 5) is 9.95. The molecule has 0 radical (unpaired) electrons. The van der Waals surface area contributed by atoms with E-state index < -0.39 is 28.4 Å². The summed E-state index contributed by atoms with van der Waals surface area (Å²) < 4.78 is 35.8. The third-order valence-electron chi connectivity index (χ3n) is 1.38. The molecule has 0 aliphatic heterocycles. The number of hydrogen-bond acceptors (Lipinski definition) is 2. The zero-order valence-corrected chi connectivity index (χ0v) is 8.07. The molecule has 0 amide bonds. The fourth-order valence-corrected chi connectivity index (χ4v) is 1.92. The highest BCUT2D eigenvalue weighted by Crippen LogP contribution is 2.15. The quantitative estimate of drug-likeness (QED) is 0.724. The first-order valence-corrected chi connectivity index (χ1v) is 5.35. The van der Waals surface area contributed by atoms with Gasteiger partial charge in [-0.15, -0.1) is 0 Å². The number of halogens is 2. The number of carboxylic acids is 1. The number of hydrogen-bond donors (Lipinski definition) is 1. The highest BCUT2D eigenvalue weighted by Gasteiger charge is 2.40. The predicted octanol–water partition coefficient (Wildman–Crippen LogP) is 1.26. The molecule has 0 fully saturated rings. The minimum Gasteiger partial charge on any atom is -0.477 e. The first-order chi connectivity index (χ1) is 5.90. The van der Waals surface area contributed by atoms with Gasteiger partial charge in [0.2, 0.25) is 0 Å². The molecule has 0 aliphatic rings. The van der Waals surface area contributed by atoms with E-state index in [9.17, 15) is 17.8 Å². The van der Waals surface area contributed by atoms with Crippen LogP contribution in [0.25, 0.3) is 0 Å². The van der Waals surface area contributed by atoms with E-state index in [4.69, 9.17) is 5.11 Å². The van der Waals surface area contributed by atoms with Crippen LogP contribution in [-0.2, 0) is 15.6 Å². The van der Waals surface area contributed by atoms with Gasteiger partial charge in [-0.25, -0.2) is 4.79 Å². The first-order valence-electron chi connectivity index (χ1n) is 3.86. The molecular formula is C7H12F2O3S. The molecule has 0 aromatic carbocycles. The second-order valence-corrected chi connectivity index (χ2v) is 4.23. The van der Waals surface area contributed by atoms with Crippen molar-refractivity contribution in [2.75, 3.05) is 11.5 Å². The Bertz CT molecular complexity index is 206. The van der Waals surface area contributed by atoms with Gasteiger partial charge in [0.1, 0.15) is 0 Å². The molecule has 0 saturated carbocycles. The van der Waals surface area contributed by atoms with Crippen molar-refractivity contribution in [3.8, 4) is 0 Å². The lowest BCUT2D eigenvalue weighted by Gasteiger charge is -2.09. The Morgan fingerprint density at radius 1 is 1.54 bits per heavy atom. The Kier molecular flexibility index (Phi) is 5.05. The summed E-state index contributed by atoms with van der Waals surface area (Å²) in [6.07, 6.45) is 1.33. The number of carboxylic acid groups (broad SMARTS) is 1. The predicted molar refractivity (Wildman–Crippen MR) is 45.4 cm³/mol. The largest absolute Gasteiger partial charge is 0.477 e. The molecule has 1 atom stereocenters. The average Bonchev–Trinajstić information content (AvgIpc) is 1.99. The van der Waals surface area contributed by atoms with E-state index in [2.05, 4.69) is 0 Å². The van der Waals surface area contributed by atoms with Crippen LogP contribution in [-0.4, -0.2) is 32.7 Å². The molecule has 6 heteroatoms. The molecule has 0 aliphatic carbocycles. The smallest absolute Gasteiger partial charge is 0.375 e. The summed E-state index contributed by atoms with van der Waals surface area (Å²) in [5, 5.41) is 8.03. The maximum Gasteiger partial charge on any atom is 0.375 e. The summed E-state index contributed by atoms with van der Waals surface area (Å²) in [6, 6.07) is 0. The second-order valence-electron chi connectivity index (χ2n) is 2.65. The van der Waals surface area contributed by atoms with Crippen LogP contribution in [0.4, 0.5) is 8.78 Å². The summed E-state index contributed by atoms with van der Waals surface area (Å²) in [6.45, 7) is 1.84. The number of unbranched alkanes of at least 4 members (excludes halogenated alkanes) is 1. The van der Waals surface area contributed by atoms with E-state index in [1.165, 1.54) is 0 Å². The molecular weight excluding hydrogens is 202 g/mol. The zero-order chi connectivity index (χ0) is 10.5. The monoisotopic (exact) mass is 214 g/mol. The molecule has 0 saturated heterocycles. The van der Waals surface area contributed by atoms with Crippen molar-refractivity contribution < 1.29 is 22.9 Å². The van der Waals surface area contributed by atoms with Gasteiger partial charge in [0.25, 0.3) is 0 Å². The maximum atomic E-state index is 12.4. The highest BCUT2D eigenvalue weighted by molar-refractivity contribution is 7.85. The summed E-state index contributed by atoms with van der Waals surface area (Å²) in [5.41, 5.74) is 0. The van der Waals surface area contributed by atoms with Crippen molar-refractivity contribution in [1.82, 2.24) is 0 Å². The SMILES string of the molecule is CCCCS(=O)CC(F)(F)C(=O)O. The van der Waals surface area contributed by atoms with Gasteiger partial charge >= 0.3 is 11.9 Å². The zero-order valence-electron chi connectivity index (χ0n) is 7.26. The van der Waals surface area contributed by atoms with E-state index in [1.54, 1.807) is 0 Å². The Labute approximate surface area is 77.6 Å². The van der Waals surface area contributed by atoms with Crippen molar-refractivity contribution in [3.63, 3.8) is 0 Å². The van der Waals surface area contributed by atoms with Crippen molar-refractivity contribution in [3.05, 3.63) is 0 Å². The number of aliphatic carboxylic acids is 1. The van der Waals surface area contributed by atoms with E-state index in [1.807, 2.05) is 6.92 Å². The molecule has 0 rings (SSSR count). The molecule has 1 unspecified atom stereocenters. The van der Waals surface area contributed by atoms with Gasteiger partial charge in [-0.2, -0.15) is 8.78 Å². The Morgan fingerprint density at radius 2 is 2.08 bits per heavy atom. The van der Waals surface area contributed by atoms with Crippen molar-refractivity contribution >= 4 is 16.8 Å². The molecule has 78 valence electrons. The lowest BCUT2D eigenvalue weighted by atomic mass is 10.4. The molecule has 1 N–H and O–H groups in total. The summed E-state index contributed by atoms with van der Waals surface area (Å²) >= 11 is 0. The molecule has 0 heterocycles. The number of carbonyl (C=O) groups is 1. The minimum atomic E-state index is -3.86. The lowest BCUT2D eigenvalue weighted by molar-refractivity contribution is -0.161. The molecule has 0 spiro atoms. The maximum absolute atomic E-state index is 12.4. The van der Waals surface area contributed by atoms with Crippen LogP contribution in [0.5, 0.6) is 0 Å². The third-order valence-corrected chi connectivity index (χ3v) is 2.81. The minimum absolute atomic E-state index is 0.138. The van der Waals surface area contributed by atoms with Gasteiger partial charge in [-0.1, -0.05) is 13.3 Å². The van der Waals surface area contributed by atoms with Gasteiger partial charge in [0.05, 0.1) is 5.75 Å². The van der Waals surface area contributed by atoms with Gasteiger partial charge in [-0.05, 0) is 6.42 Å². The van der Waals surface area contributed by atoms with Crippen LogP contribution in [0.3, 0.4) is 0 Å². The van der Waals surface area contributed by atoms with E-state index >= 15 is 0 Å². The second kappa shape index (κ2) is 5.26. The summed E-state index contributed by atoms with van der Waals surface area (Å²) in [5.74, 6) is -7.02. The summed E-state index contributed by atoms with van der Waals surface area (Å²) in [7, 11) is -1.74. The Morgan fingerprint density at radius 3 is 2.46 bits per heavy atom. The van der Waals surface area contributed by atoms with E-state index in [-0.39, 0.29) is 5.75 Å². The van der Waals surface area contributed by atoms with Crippen LogP contribution < -0.4 is 0 Å². The van der Waals surface area contributed by atoms with Crippen LogP contribution in [0.2, 0.25) is 0 Å². The first kappa shape index (κ1) is 12.5. The normalized spacial score (nSPS) is 14.1. The Hall–Kier alpha value is -0.520. The van der Waals surface area contributed by atoms with Gasteiger partial charge in [0, 0.05) is 16.6 Å². The topological polar surface area (TPSA) is 54.4 Å². The van der Waals surface area contributed by atoms with Crippen molar-refractivity contribution in [1.29, 1.82) is 0 Å². The fourth-order valence-electron chi connectivity index (χ4n) is 0.641. The van der Waals surface area contributed by atoms with Crippen molar-refractivity contribution in [2.45, 2.75) is 25.7 Å². The Balaban J connectivity index is 3.97. The van der Waals surface area contributed by atoms with E-state index in [0.717, 1.165) is 6.42 Å². The molecule has 3 nitrogen and oxygen atoms in total. The molecule has 0 aromatic rings. The van der Waals surface area contributed by atoms with Crippen molar-refractivity contribution in [2.24, 2.45) is 0 Å². The highest BCUT2D eigenvalue weighted by atomic mass is 32.2. The van der Waals surface area contributed by atoms with Gasteiger partial charge in [0.15, 0.2) is 0 Å². The lowest BCUT2D eigenvalue weighted by Crippen LogP contribution is -2.35. The van der Waals surface area contributed by atoms with Gasteiger partial charge < -0.3 is 5.11 Å².